The van der Waals surface area contributed by atoms with Gasteiger partial charge in [0.25, 0.3) is 5.91 Å². The van der Waals surface area contributed by atoms with Gasteiger partial charge in [0.15, 0.2) is 0 Å². The van der Waals surface area contributed by atoms with Crippen molar-refractivity contribution in [2.45, 2.75) is 6.92 Å². The predicted octanol–water partition coefficient (Wildman–Crippen LogP) is 3.48. The van der Waals surface area contributed by atoms with Gasteiger partial charge in [0, 0.05) is 10.7 Å². The first-order valence-electron chi connectivity index (χ1n) is 6.69. The van der Waals surface area contributed by atoms with Crippen LogP contribution in [0.3, 0.4) is 0 Å². The van der Waals surface area contributed by atoms with Gasteiger partial charge in [-0.15, -0.1) is 5.10 Å². The van der Waals surface area contributed by atoms with E-state index in [0.717, 1.165) is 5.69 Å². The summed E-state index contributed by atoms with van der Waals surface area (Å²) in [6, 6.07) is 16.4. The number of aromatic nitrogens is 3. The molecular formula is C16H13ClN4O. The molecule has 110 valence electrons. The molecule has 0 bridgehead atoms. The van der Waals surface area contributed by atoms with Crippen molar-refractivity contribution >= 4 is 23.2 Å². The van der Waals surface area contributed by atoms with Crippen LogP contribution in [0.25, 0.3) is 5.69 Å². The smallest absolute Gasteiger partial charge is 0.295 e. The number of nitrogens with zero attached hydrogens (tertiary/aromatic N) is 3. The first-order valence-corrected chi connectivity index (χ1v) is 7.07. The molecule has 0 aliphatic heterocycles. The maximum absolute atomic E-state index is 12.2. The number of carbonyl (C=O) groups is 1. The third-order valence-corrected chi connectivity index (χ3v) is 3.29. The normalized spacial score (nSPS) is 10.5. The van der Waals surface area contributed by atoms with Crippen molar-refractivity contribution < 1.29 is 4.79 Å². The van der Waals surface area contributed by atoms with Crippen molar-refractivity contribution in [2.24, 2.45) is 0 Å². The van der Waals surface area contributed by atoms with E-state index < -0.39 is 0 Å². The van der Waals surface area contributed by atoms with Gasteiger partial charge in [-0.3, -0.25) is 4.79 Å². The molecule has 5 nitrogen and oxygen atoms in total. The topological polar surface area (TPSA) is 59.8 Å². The van der Waals surface area contributed by atoms with E-state index in [9.17, 15) is 4.79 Å². The summed E-state index contributed by atoms with van der Waals surface area (Å²) in [6.07, 6.45) is 0. The second-order valence-electron chi connectivity index (χ2n) is 4.69. The summed E-state index contributed by atoms with van der Waals surface area (Å²) in [5.41, 5.74) is 1.46. The Labute approximate surface area is 132 Å². The van der Waals surface area contributed by atoms with Crippen LogP contribution < -0.4 is 5.32 Å². The monoisotopic (exact) mass is 312 g/mol. The summed E-state index contributed by atoms with van der Waals surface area (Å²) in [7, 11) is 0. The molecule has 0 radical (unpaired) electrons. The van der Waals surface area contributed by atoms with Crippen LogP contribution in [0.1, 0.15) is 16.4 Å². The summed E-state index contributed by atoms with van der Waals surface area (Å²) < 4.78 is 1.59. The first kappa shape index (κ1) is 14.3. The number of para-hydroxylation sites is 1. The molecule has 22 heavy (non-hydrogen) atoms. The van der Waals surface area contributed by atoms with Gasteiger partial charge in [-0.05, 0) is 37.3 Å². The van der Waals surface area contributed by atoms with E-state index in [1.807, 2.05) is 30.3 Å². The maximum atomic E-state index is 12.2. The van der Waals surface area contributed by atoms with E-state index in [4.69, 9.17) is 11.6 Å². The lowest BCUT2D eigenvalue weighted by molar-refractivity contribution is 0.101. The van der Waals surface area contributed by atoms with E-state index in [1.54, 1.807) is 35.9 Å². The van der Waals surface area contributed by atoms with E-state index in [2.05, 4.69) is 15.4 Å². The van der Waals surface area contributed by atoms with Crippen LogP contribution in [0.5, 0.6) is 0 Å². The molecule has 0 spiro atoms. The van der Waals surface area contributed by atoms with Crippen molar-refractivity contribution in [1.82, 2.24) is 14.8 Å². The molecule has 0 fully saturated rings. The van der Waals surface area contributed by atoms with E-state index >= 15 is 0 Å². The molecule has 3 aromatic rings. The van der Waals surface area contributed by atoms with Crippen molar-refractivity contribution in [3.63, 3.8) is 0 Å². The molecule has 0 saturated heterocycles. The number of hydrogen-bond donors (Lipinski definition) is 1. The zero-order valence-electron chi connectivity index (χ0n) is 11.8. The Morgan fingerprint density at radius 2 is 1.91 bits per heavy atom. The van der Waals surface area contributed by atoms with E-state index in [1.165, 1.54) is 0 Å². The Balaban J connectivity index is 1.87. The molecule has 3 rings (SSSR count). The van der Waals surface area contributed by atoms with Gasteiger partial charge in [0.2, 0.25) is 5.82 Å². The summed E-state index contributed by atoms with van der Waals surface area (Å²) in [6.45, 7) is 1.78. The number of halogens is 1. The standard InChI is InChI=1S/C16H13ClN4O/c1-11-18-15(16(22)19-13-7-3-2-4-8-13)20-21(11)14-9-5-6-12(17)10-14/h2-10H,1H3,(H,19,22). The highest BCUT2D eigenvalue weighted by Gasteiger charge is 2.15. The number of hydrogen-bond acceptors (Lipinski definition) is 3. The van der Waals surface area contributed by atoms with Crippen LogP contribution in [0.2, 0.25) is 5.02 Å². The molecule has 0 aliphatic carbocycles. The predicted molar refractivity (Wildman–Crippen MR) is 85.5 cm³/mol. The molecule has 0 saturated carbocycles. The minimum absolute atomic E-state index is 0.112. The number of anilines is 1. The van der Waals surface area contributed by atoms with Crippen LogP contribution >= 0.6 is 11.6 Å². The highest BCUT2D eigenvalue weighted by atomic mass is 35.5. The van der Waals surface area contributed by atoms with E-state index in [0.29, 0.717) is 16.5 Å². The Morgan fingerprint density at radius 3 is 2.64 bits per heavy atom. The van der Waals surface area contributed by atoms with Crippen LogP contribution in [-0.2, 0) is 0 Å². The number of rotatable bonds is 3. The maximum Gasteiger partial charge on any atom is 0.295 e. The molecule has 6 heteroatoms. The van der Waals surface area contributed by atoms with Crippen molar-refractivity contribution in [1.29, 1.82) is 0 Å². The summed E-state index contributed by atoms with van der Waals surface area (Å²) in [4.78, 5) is 16.4. The van der Waals surface area contributed by atoms with Gasteiger partial charge in [-0.25, -0.2) is 9.67 Å². The minimum atomic E-state index is -0.352. The fraction of sp³-hybridized carbons (Fsp3) is 0.0625. The zero-order chi connectivity index (χ0) is 15.5. The van der Waals surface area contributed by atoms with Gasteiger partial charge >= 0.3 is 0 Å². The van der Waals surface area contributed by atoms with E-state index in [-0.39, 0.29) is 11.7 Å². The van der Waals surface area contributed by atoms with Crippen molar-refractivity contribution in [3.05, 3.63) is 71.3 Å². The molecule has 1 aromatic heterocycles. The lowest BCUT2D eigenvalue weighted by atomic mass is 10.3. The number of benzene rings is 2. The van der Waals surface area contributed by atoms with Crippen LogP contribution in [0, 0.1) is 6.92 Å². The van der Waals surface area contributed by atoms with Crippen molar-refractivity contribution in [2.75, 3.05) is 5.32 Å². The van der Waals surface area contributed by atoms with Gasteiger partial charge in [-0.2, -0.15) is 0 Å². The van der Waals surface area contributed by atoms with Gasteiger partial charge < -0.3 is 5.32 Å². The molecule has 1 heterocycles. The Bertz CT molecular complexity index is 814. The Morgan fingerprint density at radius 1 is 1.14 bits per heavy atom. The quantitative estimate of drug-likeness (QED) is 0.805. The number of carbonyl (C=O) groups excluding carboxylic acids is 1. The molecule has 1 amide bonds. The lowest BCUT2D eigenvalue weighted by Gasteiger charge is -2.03. The fourth-order valence-corrected chi connectivity index (χ4v) is 2.23. The number of nitrogens with one attached hydrogen (secondary N) is 1. The summed E-state index contributed by atoms with van der Waals surface area (Å²) in [5, 5.41) is 7.61. The molecule has 1 N–H and O–H groups in total. The van der Waals surface area contributed by atoms with Crippen LogP contribution in [0.4, 0.5) is 5.69 Å². The average molecular weight is 313 g/mol. The third-order valence-electron chi connectivity index (χ3n) is 3.06. The highest BCUT2D eigenvalue weighted by Crippen LogP contribution is 2.16. The molecule has 0 aliphatic rings. The highest BCUT2D eigenvalue weighted by molar-refractivity contribution is 6.30. The summed E-state index contributed by atoms with van der Waals surface area (Å²) in [5.74, 6) is 0.372. The average Bonchev–Trinajstić information content (AvgIpc) is 2.90. The lowest BCUT2D eigenvalue weighted by Crippen LogP contribution is -2.14. The van der Waals surface area contributed by atoms with Crippen LogP contribution in [0.15, 0.2) is 54.6 Å². The van der Waals surface area contributed by atoms with Gasteiger partial charge in [-0.1, -0.05) is 35.9 Å². The third kappa shape index (κ3) is 2.99. The largest absolute Gasteiger partial charge is 0.319 e. The fourth-order valence-electron chi connectivity index (χ4n) is 2.05. The van der Waals surface area contributed by atoms with Crippen molar-refractivity contribution in [3.8, 4) is 5.69 Å². The second kappa shape index (κ2) is 5.99. The number of aryl methyl sites for hydroxylation is 1. The molecule has 0 atom stereocenters. The number of amides is 1. The second-order valence-corrected chi connectivity index (χ2v) is 5.13. The SMILES string of the molecule is Cc1nc(C(=O)Nc2ccccc2)nn1-c1cccc(Cl)c1. The van der Waals surface area contributed by atoms with Crippen LogP contribution in [-0.4, -0.2) is 20.7 Å². The Hall–Kier alpha value is -2.66. The molecule has 0 unspecified atom stereocenters. The molecular weight excluding hydrogens is 300 g/mol. The zero-order valence-corrected chi connectivity index (χ0v) is 12.6. The first-order chi connectivity index (χ1) is 10.6. The minimum Gasteiger partial charge on any atom is -0.319 e. The van der Waals surface area contributed by atoms with Gasteiger partial charge in [0.05, 0.1) is 5.69 Å². The molecule has 2 aromatic carbocycles. The Kier molecular flexibility index (Phi) is 3.89. The summed E-state index contributed by atoms with van der Waals surface area (Å²) >= 11 is 5.98. The van der Waals surface area contributed by atoms with Gasteiger partial charge in [0.1, 0.15) is 5.82 Å².